The van der Waals surface area contributed by atoms with Gasteiger partial charge in [0, 0.05) is 13.0 Å². The molecule has 2 N–H and O–H groups in total. The SMILES string of the molecule is CC(C)[C@@H](NC(=O)OCC1c2ccccc2-c2ccccc21)C(=O)N(C)C(C)(C)C(=O)O. The Bertz CT molecular complexity index is 985. The van der Waals surface area contributed by atoms with Gasteiger partial charge in [0.1, 0.15) is 18.2 Å². The van der Waals surface area contributed by atoms with E-state index in [0.29, 0.717) is 0 Å². The molecule has 7 nitrogen and oxygen atoms in total. The van der Waals surface area contributed by atoms with Crippen LogP contribution in [0.4, 0.5) is 4.79 Å². The number of hydrogen-bond acceptors (Lipinski definition) is 4. The minimum absolute atomic E-state index is 0.0880. The number of likely N-dealkylation sites (N-methyl/N-ethyl adjacent to an activating group) is 1. The molecule has 0 bridgehead atoms. The van der Waals surface area contributed by atoms with Gasteiger partial charge in [0.25, 0.3) is 0 Å². The van der Waals surface area contributed by atoms with Crippen molar-refractivity contribution in [2.75, 3.05) is 13.7 Å². The molecule has 0 saturated heterocycles. The topological polar surface area (TPSA) is 95.9 Å². The molecule has 2 amide bonds. The van der Waals surface area contributed by atoms with Gasteiger partial charge in [0.15, 0.2) is 0 Å². The highest BCUT2D eigenvalue weighted by molar-refractivity contribution is 5.91. The van der Waals surface area contributed by atoms with Crippen LogP contribution in [0, 0.1) is 5.92 Å². The summed E-state index contributed by atoms with van der Waals surface area (Å²) in [4.78, 5) is 38.2. The number of nitrogens with zero attached hydrogens (tertiary/aromatic N) is 1. The number of alkyl carbamates (subject to hydrolysis) is 1. The van der Waals surface area contributed by atoms with Crippen molar-refractivity contribution in [3.8, 4) is 11.1 Å². The molecule has 0 spiro atoms. The molecule has 0 aliphatic heterocycles. The first kappa shape index (κ1) is 23.3. The summed E-state index contributed by atoms with van der Waals surface area (Å²) in [5.41, 5.74) is 3.05. The summed E-state index contributed by atoms with van der Waals surface area (Å²) in [6, 6.07) is 15.2. The average Bonchev–Trinajstić information content (AvgIpc) is 3.08. The normalized spacial score (nSPS) is 13.8. The van der Waals surface area contributed by atoms with E-state index in [1.165, 1.54) is 20.9 Å². The molecule has 170 valence electrons. The quantitative estimate of drug-likeness (QED) is 0.684. The van der Waals surface area contributed by atoms with Crippen LogP contribution in [0.3, 0.4) is 0 Å². The van der Waals surface area contributed by atoms with Crippen LogP contribution in [-0.4, -0.2) is 53.2 Å². The maximum Gasteiger partial charge on any atom is 0.407 e. The minimum atomic E-state index is -1.41. The van der Waals surface area contributed by atoms with E-state index in [0.717, 1.165) is 27.2 Å². The van der Waals surface area contributed by atoms with Gasteiger partial charge in [-0.1, -0.05) is 62.4 Å². The smallest absolute Gasteiger partial charge is 0.407 e. The van der Waals surface area contributed by atoms with Gasteiger partial charge in [-0.25, -0.2) is 9.59 Å². The number of nitrogens with one attached hydrogen (secondary N) is 1. The minimum Gasteiger partial charge on any atom is -0.480 e. The molecule has 2 aromatic rings. The summed E-state index contributed by atoms with van der Waals surface area (Å²) in [5, 5.41) is 12.1. The molecule has 32 heavy (non-hydrogen) atoms. The molecule has 1 atom stereocenters. The number of fused-ring (bicyclic) bond motifs is 3. The van der Waals surface area contributed by atoms with Gasteiger partial charge in [-0.05, 0) is 42.0 Å². The van der Waals surface area contributed by atoms with Gasteiger partial charge in [-0.2, -0.15) is 0 Å². The van der Waals surface area contributed by atoms with Gasteiger partial charge in [0.2, 0.25) is 5.91 Å². The predicted octanol–water partition coefficient (Wildman–Crippen LogP) is 3.87. The lowest BCUT2D eigenvalue weighted by atomic mass is 9.98. The Hall–Kier alpha value is -3.35. The highest BCUT2D eigenvalue weighted by Gasteiger charge is 2.39. The lowest BCUT2D eigenvalue weighted by Gasteiger charge is -2.35. The summed E-state index contributed by atoms with van der Waals surface area (Å²) in [6.45, 7) is 6.59. The third kappa shape index (κ3) is 4.33. The van der Waals surface area contributed by atoms with Crippen LogP contribution in [0.1, 0.15) is 44.7 Å². The molecule has 7 heteroatoms. The summed E-state index contributed by atoms with van der Waals surface area (Å²) >= 11 is 0. The first-order valence-electron chi connectivity index (χ1n) is 10.7. The van der Waals surface area contributed by atoms with Gasteiger partial charge in [-0.3, -0.25) is 4.79 Å². The zero-order valence-corrected chi connectivity index (χ0v) is 19.1. The van der Waals surface area contributed by atoms with E-state index in [2.05, 4.69) is 17.4 Å². The lowest BCUT2D eigenvalue weighted by molar-refractivity contribution is -0.156. The molecule has 0 radical (unpaired) electrons. The Morgan fingerprint density at radius 3 is 2.00 bits per heavy atom. The van der Waals surface area contributed by atoms with Crippen molar-refractivity contribution >= 4 is 18.0 Å². The maximum absolute atomic E-state index is 13.0. The number of ether oxygens (including phenoxy) is 1. The van der Waals surface area contributed by atoms with Crippen LogP contribution in [0.2, 0.25) is 0 Å². The number of rotatable bonds is 7. The van der Waals surface area contributed by atoms with Gasteiger partial charge in [0.05, 0.1) is 0 Å². The first-order chi connectivity index (χ1) is 15.1. The average molecular weight is 439 g/mol. The summed E-state index contributed by atoms with van der Waals surface area (Å²) in [6.07, 6.45) is -0.708. The molecular formula is C25H30N2O5. The number of benzene rings is 2. The largest absolute Gasteiger partial charge is 0.480 e. The monoisotopic (exact) mass is 438 g/mol. The summed E-state index contributed by atoms with van der Waals surface area (Å²) < 4.78 is 5.55. The maximum atomic E-state index is 13.0. The van der Waals surface area contributed by atoms with Crippen LogP contribution < -0.4 is 5.32 Å². The molecule has 0 unspecified atom stereocenters. The number of carbonyl (C=O) groups is 3. The van der Waals surface area contributed by atoms with Crippen LogP contribution in [0.25, 0.3) is 11.1 Å². The van der Waals surface area contributed by atoms with Crippen molar-refractivity contribution in [3.05, 3.63) is 59.7 Å². The number of aliphatic carboxylic acids is 1. The fourth-order valence-electron chi connectivity index (χ4n) is 3.91. The van der Waals surface area contributed by atoms with E-state index in [9.17, 15) is 19.5 Å². The zero-order valence-electron chi connectivity index (χ0n) is 19.1. The zero-order chi connectivity index (χ0) is 23.6. The second kappa shape index (κ2) is 9.02. The molecule has 1 aliphatic carbocycles. The number of amides is 2. The van der Waals surface area contributed by atoms with E-state index in [-0.39, 0.29) is 18.4 Å². The molecule has 1 aliphatic rings. The number of carboxylic acids is 1. The van der Waals surface area contributed by atoms with Crippen molar-refractivity contribution in [3.63, 3.8) is 0 Å². The molecule has 2 aromatic carbocycles. The first-order valence-corrected chi connectivity index (χ1v) is 10.7. The number of hydrogen-bond donors (Lipinski definition) is 2. The molecule has 0 saturated carbocycles. The highest BCUT2D eigenvalue weighted by atomic mass is 16.5. The van der Waals surface area contributed by atoms with E-state index < -0.39 is 29.6 Å². The Labute approximate surface area is 188 Å². The van der Waals surface area contributed by atoms with Crippen molar-refractivity contribution in [2.24, 2.45) is 5.92 Å². The summed E-state index contributed by atoms with van der Waals surface area (Å²) in [5.74, 6) is -1.96. The Morgan fingerprint density at radius 1 is 1.03 bits per heavy atom. The Morgan fingerprint density at radius 2 is 1.53 bits per heavy atom. The van der Waals surface area contributed by atoms with Crippen LogP contribution in [0.5, 0.6) is 0 Å². The van der Waals surface area contributed by atoms with Crippen molar-refractivity contribution in [1.82, 2.24) is 10.2 Å². The van der Waals surface area contributed by atoms with Crippen LogP contribution in [-0.2, 0) is 14.3 Å². The molecule has 0 heterocycles. The van der Waals surface area contributed by atoms with Crippen molar-refractivity contribution < 1.29 is 24.2 Å². The molecule has 3 rings (SSSR count). The fourth-order valence-corrected chi connectivity index (χ4v) is 3.91. The van der Waals surface area contributed by atoms with E-state index >= 15 is 0 Å². The lowest BCUT2D eigenvalue weighted by Crippen LogP contribution is -2.58. The summed E-state index contributed by atoms with van der Waals surface area (Å²) in [7, 11) is 1.42. The molecule has 0 aromatic heterocycles. The van der Waals surface area contributed by atoms with Gasteiger partial charge >= 0.3 is 12.1 Å². The van der Waals surface area contributed by atoms with Crippen molar-refractivity contribution in [2.45, 2.75) is 45.2 Å². The van der Waals surface area contributed by atoms with Crippen molar-refractivity contribution in [1.29, 1.82) is 0 Å². The molecular weight excluding hydrogens is 408 g/mol. The fraction of sp³-hybridized carbons (Fsp3) is 0.400. The van der Waals surface area contributed by atoms with E-state index in [4.69, 9.17) is 4.74 Å². The van der Waals surface area contributed by atoms with Crippen LogP contribution >= 0.6 is 0 Å². The van der Waals surface area contributed by atoms with Gasteiger partial charge < -0.3 is 20.1 Å². The van der Waals surface area contributed by atoms with Crippen LogP contribution in [0.15, 0.2) is 48.5 Å². The third-order valence-corrected chi connectivity index (χ3v) is 6.24. The van der Waals surface area contributed by atoms with E-state index in [1.807, 2.05) is 36.4 Å². The van der Waals surface area contributed by atoms with E-state index in [1.54, 1.807) is 13.8 Å². The number of carbonyl (C=O) groups excluding carboxylic acids is 2. The molecule has 0 fully saturated rings. The highest BCUT2D eigenvalue weighted by Crippen LogP contribution is 2.44. The Kier molecular flexibility index (Phi) is 6.57. The second-order valence-electron chi connectivity index (χ2n) is 8.95. The predicted molar refractivity (Wildman–Crippen MR) is 121 cm³/mol. The second-order valence-corrected chi connectivity index (χ2v) is 8.95. The van der Waals surface area contributed by atoms with Gasteiger partial charge in [-0.15, -0.1) is 0 Å². The number of carboxylic acid groups (broad SMARTS) is 1. The standard InChI is InChI=1S/C25H30N2O5/c1-15(2)21(22(28)27(5)25(3,4)23(29)30)26-24(31)32-14-20-18-12-8-6-10-16(18)17-11-7-9-13-19(17)20/h6-13,15,20-21H,14H2,1-5H3,(H,26,31)(H,29,30)/t21-/m1/s1. The Balaban J connectivity index is 1.71. The third-order valence-electron chi connectivity index (χ3n) is 6.24.